The molecule has 1 atom stereocenters. The van der Waals surface area contributed by atoms with Crippen molar-refractivity contribution >= 4 is 6.21 Å². The van der Waals surface area contributed by atoms with E-state index in [1.807, 2.05) is 18.5 Å². The van der Waals surface area contributed by atoms with Crippen LogP contribution in [0.3, 0.4) is 0 Å². The van der Waals surface area contributed by atoms with E-state index >= 15 is 0 Å². The quantitative estimate of drug-likeness (QED) is 0.634. The number of aliphatic imine (C=N–C) groups is 1. The molecule has 1 aliphatic heterocycles. The Hall–Kier alpha value is -1.83. The summed E-state index contributed by atoms with van der Waals surface area (Å²) in [7, 11) is 0. The highest BCUT2D eigenvalue weighted by molar-refractivity contribution is 5.87. The van der Waals surface area contributed by atoms with Gasteiger partial charge in [0.25, 0.3) is 0 Å². The molecule has 0 aromatic carbocycles. The summed E-state index contributed by atoms with van der Waals surface area (Å²) in [5.41, 5.74) is 9.15. The van der Waals surface area contributed by atoms with Gasteiger partial charge in [-0.1, -0.05) is 24.3 Å². The molecule has 2 N–H and O–H groups in total. The highest BCUT2D eigenvalue weighted by Gasteiger charge is 2.37. The van der Waals surface area contributed by atoms with E-state index in [-0.39, 0.29) is 5.41 Å². The predicted octanol–water partition coefficient (Wildman–Crippen LogP) is 2.24. The Morgan fingerprint density at radius 2 is 2.20 bits per heavy atom. The number of hydrogen-bond donors (Lipinski definition) is 1. The molecule has 1 spiro atoms. The Balaban J connectivity index is 2.23. The van der Waals surface area contributed by atoms with E-state index in [1.165, 1.54) is 11.1 Å². The van der Waals surface area contributed by atoms with Crippen LogP contribution >= 0.6 is 0 Å². The number of hydrogen-bond acceptors (Lipinski definition) is 2. The van der Waals surface area contributed by atoms with Crippen molar-refractivity contribution in [2.45, 2.75) is 6.42 Å². The van der Waals surface area contributed by atoms with Gasteiger partial charge in [0, 0.05) is 23.5 Å². The van der Waals surface area contributed by atoms with Gasteiger partial charge in [-0.25, -0.2) is 0 Å². The summed E-state index contributed by atoms with van der Waals surface area (Å²) in [4.78, 5) is 4.17. The van der Waals surface area contributed by atoms with Crippen LogP contribution in [0.5, 0.6) is 0 Å². The average molecular weight is 196 g/mol. The van der Waals surface area contributed by atoms with Crippen molar-refractivity contribution in [3.8, 4) is 0 Å². The molecule has 0 aromatic heterocycles. The van der Waals surface area contributed by atoms with Gasteiger partial charge in [0.05, 0.1) is 0 Å². The van der Waals surface area contributed by atoms with E-state index in [0.29, 0.717) is 0 Å². The predicted molar refractivity (Wildman–Crippen MR) is 62.3 cm³/mol. The smallest absolute Gasteiger partial charge is 0.0450 e. The molecule has 0 aromatic rings. The summed E-state index contributed by atoms with van der Waals surface area (Å²) < 4.78 is 0. The molecule has 0 saturated heterocycles. The Morgan fingerprint density at radius 3 is 3.13 bits per heavy atom. The minimum Gasteiger partial charge on any atom is -0.399 e. The fraction of sp³-hybridized carbons (Fsp3) is 0.154. The van der Waals surface area contributed by atoms with E-state index in [9.17, 15) is 0 Å². The van der Waals surface area contributed by atoms with Gasteiger partial charge < -0.3 is 5.73 Å². The first-order valence-electron chi connectivity index (χ1n) is 5.09. The minimum atomic E-state index is -0.000625. The molecule has 1 unspecified atom stereocenters. The van der Waals surface area contributed by atoms with E-state index < -0.39 is 0 Å². The van der Waals surface area contributed by atoms with E-state index in [0.717, 1.165) is 12.1 Å². The van der Waals surface area contributed by atoms with Crippen molar-refractivity contribution in [1.82, 2.24) is 0 Å². The maximum Gasteiger partial charge on any atom is 0.0450 e. The van der Waals surface area contributed by atoms with Crippen LogP contribution in [0.25, 0.3) is 0 Å². The molecular weight excluding hydrogens is 184 g/mol. The van der Waals surface area contributed by atoms with Gasteiger partial charge in [0.1, 0.15) is 0 Å². The van der Waals surface area contributed by atoms with Crippen LogP contribution in [-0.4, -0.2) is 6.21 Å². The molecule has 0 fully saturated rings. The molecule has 2 heteroatoms. The van der Waals surface area contributed by atoms with Gasteiger partial charge in [-0.15, -0.1) is 0 Å². The molecule has 0 amide bonds. The fourth-order valence-electron chi connectivity index (χ4n) is 2.39. The van der Waals surface area contributed by atoms with Crippen LogP contribution in [0.1, 0.15) is 6.42 Å². The first-order valence-corrected chi connectivity index (χ1v) is 5.09. The van der Waals surface area contributed by atoms with Gasteiger partial charge in [-0.05, 0) is 29.7 Å². The Morgan fingerprint density at radius 1 is 1.27 bits per heavy atom. The number of allylic oxidation sites excluding steroid dienone is 8. The maximum absolute atomic E-state index is 5.88. The second kappa shape index (κ2) is 2.83. The molecule has 0 bridgehead atoms. The SMILES string of the molecule is NC1=CC2=CC=CCC23C=CN=CC3=C1. The third-order valence-electron chi connectivity index (χ3n) is 3.19. The van der Waals surface area contributed by atoms with Crippen LogP contribution in [0.4, 0.5) is 0 Å². The summed E-state index contributed by atoms with van der Waals surface area (Å²) in [5, 5.41) is 0. The zero-order chi connectivity index (χ0) is 10.3. The molecule has 2 nitrogen and oxygen atoms in total. The van der Waals surface area contributed by atoms with Crippen molar-refractivity contribution in [2.75, 3.05) is 0 Å². The second-order valence-electron chi connectivity index (χ2n) is 4.06. The van der Waals surface area contributed by atoms with Crippen molar-refractivity contribution in [3.63, 3.8) is 0 Å². The lowest BCUT2D eigenvalue weighted by molar-refractivity contribution is 0.575. The summed E-state index contributed by atoms with van der Waals surface area (Å²) in [6, 6.07) is 0. The largest absolute Gasteiger partial charge is 0.399 e. The van der Waals surface area contributed by atoms with Gasteiger partial charge in [0.2, 0.25) is 0 Å². The van der Waals surface area contributed by atoms with Crippen molar-refractivity contribution in [3.05, 3.63) is 59.5 Å². The monoisotopic (exact) mass is 196 g/mol. The lowest BCUT2D eigenvalue weighted by Crippen LogP contribution is -2.29. The lowest BCUT2D eigenvalue weighted by Gasteiger charge is -2.37. The van der Waals surface area contributed by atoms with Crippen LogP contribution < -0.4 is 5.73 Å². The molecule has 3 rings (SSSR count). The van der Waals surface area contributed by atoms with Gasteiger partial charge in [0.15, 0.2) is 0 Å². The van der Waals surface area contributed by atoms with E-state index in [1.54, 1.807) is 0 Å². The molecule has 2 aliphatic carbocycles. The number of nitrogens with zero attached hydrogens (tertiary/aromatic N) is 1. The first-order chi connectivity index (χ1) is 7.31. The second-order valence-corrected chi connectivity index (χ2v) is 4.06. The Bertz CT molecular complexity index is 483. The molecule has 0 radical (unpaired) electrons. The Labute approximate surface area is 88.9 Å². The molecular formula is C13H12N2. The molecule has 0 saturated carbocycles. The topological polar surface area (TPSA) is 38.4 Å². The Kier molecular flexibility index (Phi) is 1.60. The zero-order valence-electron chi connectivity index (χ0n) is 8.35. The fourth-order valence-corrected chi connectivity index (χ4v) is 2.39. The van der Waals surface area contributed by atoms with E-state index in [4.69, 9.17) is 5.73 Å². The highest BCUT2D eigenvalue weighted by Crippen LogP contribution is 2.46. The van der Waals surface area contributed by atoms with Crippen LogP contribution in [0.15, 0.2) is 64.5 Å². The number of nitrogens with two attached hydrogens (primary N) is 1. The maximum atomic E-state index is 5.88. The first kappa shape index (κ1) is 8.48. The number of rotatable bonds is 0. The third kappa shape index (κ3) is 1.08. The average Bonchev–Trinajstić information content (AvgIpc) is 2.26. The summed E-state index contributed by atoms with van der Waals surface area (Å²) in [6.07, 6.45) is 17.4. The molecule has 3 aliphatic rings. The van der Waals surface area contributed by atoms with Crippen LogP contribution in [0, 0.1) is 5.41 Å². The van der Waals surface area contributed by atoms with Crippen molar-refractivity contribution in [2.24, 2.45) is 16.1 Å². The summed E-state index contributed by atoms with van der Waals surface area (Å²) in [6.45, 7) is 0. The summed E-state index contributed by atoms with van der Waals surface area (Å²) in [5.74, 6) is 0. The minimum absolute atomic E-state index is 0.000625. The van der Waals surface area contributed by atoms with Gasteiger partial charge in [-0.2, -0.15) is 0 Å². The van der Waals surface area contributed by atoms with Gasteiger partial charge in [-0.3, -0.25) is 4.99 Å². The normalized spacial score (nSPS) is 31.3. The molecule has 74 valence electrons. The lowest BCUT2D eigenvalue weighted by atomic mass is 9.66. The highest BCUT2D eigenvalue weighted by atomic mass is 14.7. The standard InChI is InChI=1S/C13H12N2/c14-12-7-10-3-1-2-4-13(10)5-6-15-9-11(13)8-12/h1-3,5-9H,4,14H2. The molecule has 1 heterocycles. The molecule has 15 heavy (non-hydrogen) atoms. The summed E-state index contributed by atoms with van der Waals surface area (Å²) >= 11 is 0. The van der Waals surface area contributed by atoms with Crippen molar-refractivity contribution in [1.29, 1.82) is 0 Å². The van der Waals surface area contributed by atoms with Crippen LogP contribution in [-0.2, 0) is 0 Å². The van der Waals surface area contributed by atoms with Crippen LogP contribution in [0.2, 0.25) is 0 Å². The van der Waals surface area contributed by atoms with E-state index in [2.05, 4.69) is 35.4 Å². The zero-order valence-corrected chi connectivity index (χ0v) is 8.35. The van der Waals surface area contributed by atoms with Gasteiger partial charge >= 0.3 is 0 Å². The third-order valence-corrected chi connectivity index (χ3v) is 3.19. The van der Waals surface area contributed by atoms with Crippen molar-refractivity contribution < 1.29 is 0 Å².